The molecule has 18 heavy (non-hydrogen) atoms. The maximum absolute atomic E-state index is 13.8. The van der Waals surface area contributed by atoms with Gasteiger partial charge in [-0.1, -0.05) is 13.8 Å². The van der Waals surface area contributed by atoms with Crippen molar-refractivity contribution < 1.29 is 8.78 Å². The van der Waals surface area contributed by atoms with Crippen LogP contribution < -0.4 is 16.2 Å². The molecule has 2 rings (SSSR count). The van der Waals surface area contributed by atoms with Crippen molar-refractivity contribution in [2.45, 2.75) is 20.3 Å². The molecule has 0 aromatic carbocycles. The standard InChI is InChI=1S/C12H18F2N4/c1-7-3-8(2)6-18(5-7)12-10(14)4-9(13)11(16-12)17-15/h4,7-8H,3,5-6,15H2,1-2H3,(H,16,17). The Kier molecular flexibility index (Phi) is 3.65. The second-order valence-corrected chi connectivity index (χ2v) is 5.12. The Morgan fingerprint density at radius 2 is 1.89 bits per heavy atom. The van der Waals surface area contributed by atoms with E-state index >= 15 is 0 Å². The summed E-state index contributed by atoms with van der Waals surface area (Å²) in [7, 11) is 0. The van der Waals surface area contributed by atoms with Crippen molar-refractivity contribution in [1.82, 2.24) is 4.98 Å². The van der Waals surface area contributed by atoms with Crippen LogP contribution in [0.4, 0.5) is 20.4 Å². The normalized spacial score (nSPS) is 24.2. The Morgan fingerprint density at radius 3 is 2.44 bits per heavy atom. The fourth-order valence-corrected chi connectivity index (χ4v) is 2.62. The van der Waals surface area contributed by atoms with E-state index in [-0.39, 0.29) is 11.6 Å². The molecule has 1 aromatic heterocycles. The largest absolute Gasteiger partial charge is 0.354 e. The van der Waals surface area contributed by atoms with Gasteiger partial charge < -0.3 is 10.3 Å². The number of piperidine rings is 1. The number of nitrogens with two attached hydrogens (primary N) is 1. The summed E-state index contributed by atoms with van der Waals surface area (Å²) in [6.45, 7) is 5.69. The van der Waals surface area contributed by atoms with E-state index in [2.05, 4.69) is 24.3 Å². The molecule has 2 unspecified atom stereocenters. The van der Waals surface area contributed by atoms with Gasteiger partial charge in [0.05, 0.1) is 0 Å². The first-order valence-corrected chi connectivity index (χ1v) is 6.08. The van der Waals surface area contributed by atoms with E-state index < -0.39 is 11.6 Å². The monoisotopic (exact) mass is 256 g/mol. The number of hydrogen-bond acceptors (Lipinski definition) is 4. The first kappa shape index (κ1) is 13.0. The van der Waals surface area contributed by atoms with Gasteiger partial charge in [-0.3, -0.25) is 0 Å². The van der Waals surface area contributed by atoms with E-state index in [1.54, 1.807) is 0 Å². The second kappa shape index (κ2) is 5.06. The van der Waals surface area contributed by atoms with E-state index in [0.29, 0.717) is 11.8 Å². The number of anilines is 2. The molecule has 1 aliphatic rings. The summed E-state index contributed by atoms with van der Waals surface area (Å²) in [6.07, 6.45) is 1.11. The minimum atomic E-state index is -0.781. The number of rotatable bonds is 2. The third-order valence-corrected chi connectivity index (χ3v) is 3.22. The molecule has 2 atom stereocenters. The average Bonchev–Trinajstić information content (AvgIpc) is 2.27. The van der Waals surface area contributed by atoms with Crippen molar-refractivity contribution >= 4 is 11.6 Å². The molecular formula is C12H18F2N4. The molecule has 1 aromatic rings. The first-order chi connectivity index (χ1) is 8.51. The van der Waals surface area contributed by atoms with E-state index in [9.17, 15) is 8.78 Å². The van der Waals surface area contributed by atoms with Gasteiger partial charge in [0.25, 0.3) is 0 Å². The van der Waals surface area contributed by atoms with Crippen LogP contribution in [0.5, 0.6) is 0 Å². The number of hydrogen-bond donors (Lipinski definition) is 2. The molecule has 6 heteroatoms. The van der Waals surface area contributed by atoms with Crippen LogP contribution in [0.2, 0.25) is 0 Å². The molecule has 2 heterocycles. The molecule has 0 spiro atoms. The quantitative estimate of drug-likeness (QED) is 0.628. The predicted octanol–water partition coefficient (Wildman–Crippen LogP) is 2.13. The summed E-state index contributed by atoms with van der Waals surface area (Å²) in [5, 5.41) is 0. The molecule has 3 N–H and O–H groups in total. The van der Waals surface area contributed by atoms with Gasteiger partial charge in [0.15, 0.2) is 23.3 Å². The second-order valence-electron chi connectivity index (χ2n) is 5.12. The van der Waals surface area contributed by atoms with E-state index in [1.807, 2.05) is 4.90 Å². The van der Waals surface area contributed by atoms with Crippen molar-refractivity contribution in [2.24, 2.45) is 17.7 Å². The topological polar surface area (TPSA) is 54.2 Å². The number of halogens is 2. The van der Waals surface area contributed by atoms with Crippen LogP contribution in [0.3, 0.4) is 0 Å². The summed E-state index contributed by atoms with van der Waals surface area (Å²) in [4.78, 5) is 5.78. The SMILES string of the molecule is CC1CC(C)CN(c2nc(NN)c(F)cc2F)C1. The first-order valence-electron chi connectivity index (χ1n) is 6.08. The lowest BCUT2D eigenvalue weighted by Gasteiger charge is -2.36. The molecular weight excluding hydrogens is 238 g/mol. The minimum absolute atomic E-state index is 0.128. The molecule has 100 valence electrons. The van der Waals surface area contributed by atoms with Gasteiger partial charge >= 0.3 is 0 Å². The molecule has 0 radical (unpaired) electrons. The molecule has 1 aliphatic heterocycles. The highest BCUT2D eigenvalue weighted by atomic mass is 19.1. The Balaban J connectivity index is 2.32. The van der Waals surface area contributed by atoms with Gasteiger partial charge in [-0.15, -0.1) is 0 Å². The van der Waals surface area contributed by atoms with E-state index in [4.69, 9.17) is 5.84 Å². The van der Waals surface area contributed by atoms with Gasteiger partial charge in [-0.05, 0) is 18.3 Å². The van der Waals surface area contributed by atoms with Gasteiger partial charge in [0.1, 0.15) is 0 Å². The van der Waals surface area contributed by atoms with Crippen molar-refractivity contribution in [3.05, 3.63) is 17.7 Å². The molecule has 0 bridgehead atoms. The fraction of sp³-hybridized carbons (Fsp3) is 0.583. The van der Waals surface area contributed by atoms with Crippen LogP contribution >= 0.6 is 0 Å². The van der Waals surface area contributed by atoms with Gasteiger partial charge in [-0.2, -0.15) is 0 Å². The van der Waals surface area contributed by atoms with Gasteiger partial charge in [-0.25, -0.2) is 19.6 Å². The minimum Gasteiger partial charge on any atom is -0.354 e. The maximum atomic E-state index is 13.8. The van der Waals surface area contributed by atoms with Gasteiger partial charge in [0.2, 0.25) is 0 Å². The highest BCUT2D eigenvalue weighted by Crippen LogP contribution is 2.28. The van der Waals surface area contributed by atoms with Crippen molar-refractivity contribution in [2.75, 3.05) is 23.4 Å². The Hall–Kier alpha value is -1.43. The van der Waals surface area contributed by atoms with Crippen LogP contribution in [0.25, 0.3) is 0 Å². The number of hydrazine groups is 1. The summed E-state index contributed by atoms with van der Waals surface area (Å²) in [5.41, 5.74) is 2.14. The molecule has 0 saturated carbocycles. The highest BCUT2D eigenvalue weighted by Gasteiger charge is 2.25. The molecule has 4 nitrogen and oxygen atoms in total. The fourth-order valence-electron chi connectivity index (χ4n) is 2.62. The van der Waals surface area contributed by atoms with E-state index in [0.717, 1.165) is 25.6 Å². The molecule has 0 aliphatic carbocycles. The molecule has 1 saturated heterocycles. The number of nitrogens with one attached hydrogen (secondary N) is 1. The highest BCUT2D eigenvalue weighted by molar-refractivity contribution is 5.49. The third kappa shape index (κ3) is 2.53. The third-order valence-electron chi connectivity index (χ3n) is 3.22. The zero-order valence-electron chi connectivity index (χ0n) is 10.6. The summed E-state index contributed by atoms with van der Waals surface area (Å²) < 4.78 is 27.1. The van der Waals surface area contributed by atoms with Gasteiger partial charge in [0, 0.05) is 19.2 Å². The lowest BCUT2D eigenvalue weighted by Crippen LogP contribution is -2.39. The molecule has 0 amide bonds. The van der Waals surface area contributed by atoms with Crippen LogP contribution in [0.15, 0.2) is 6.07 Å². The van der Waals surface area contributed by atoms with E-state index in [1.165, 1.54) is 0 Å². The van der Waals surface area contributed by atoms with Crippen molar-refractivity contribution in [3.8, 4) is 0 Å². The summed E-state index contributed by atoms with van der Waals surface area (Å²) in [6, 6.07) is 0.821. The van der Waals surface area contributed by atoms with Crippen LogP contribution in [-0.2, 0) is 0 Å². The van der Waals surface area contributed by atoms with Crippen LogP contribution in [-0.4, -0.2) is 18.1 Å². The predicted molar refractivity (Wildman–Crippen MR) is 67.1 cm³/mol. The van der Waals surface area contributed by atoms with Crippen molar-refractivity contribution in [1.29, 1.82) is 0 Å². The number of aromatic nitrogens is 1. The zero-order chi connectivity index (χ0) is 13.3. The number of nitrogens with zero attached hydrogens (tertiary/aromatic N) is 2. The lowest BCUT2D eigenvalue weighted by atomic mass is 9.92. The zero-order valence-corrected chi connectivity index (χ0v) is 10.6. The lowest BCUT2D eigenvalue weighted by molar-refractivity contribution is 0.352. The summed E-state index contributed by atoms with van der Waals surface area (Å²) >= 11 is 0. The van der Waals surface area contributed by atoms with Crippen molar-refractivity contribution in [3.63, 3.8) is 0 Å². The summed E-state index contributed by atoms with van der Waals surface area (Å²) in [5.74, 6) is 4.71. The Bertz CT molecular complexity index is 428. The molecule has 1 fully saturated rings. The van der Waals surface area contributed by atoms with Crippen LogP contribution in [0, 0.1) is 23.5 Å². The Labute approximate surface area is 105 Å². The smallest absolute Gasteiger partial charge is 0.178 e. The van der Waals surface area contributed by atoms with Crippen LogP contribution in [0.1, 0.15) is 20.3 Å². The number of pyridine rings is 1. The maximum Gasteiger partial charge on any atom is 0.178 e. The average molecular weight is 256 g/mol. The Morgan fingerprint density at radius 1 is 1.28 bits per heavy atom. The number of nitrogen functional groups attached to an aromatic ring is 1.